The number of benzene rings is 1. The van der Waals surface area contributed by atoms with Crippen molar-refractivity contribution in [2.75, 3.05) is 13.7 Å². The highest BCUT2D eigenvalue weighted by Crippen LogP contribution is 2.33. The second kappa shape index (κ2) is 8.65. The molecule has 1 aromatic rings. The van der Waals surface area contributed by atoms with Crippen molar-refractivity contribution < 1.29 is 4.74 Å². The van der Waals surface area contributed by atoms with Crippen LogP contribution in [0.2, 0.25) is 5.02 Å². The number of hydrogen-bond acceptors (Lipinski definition) is 2. The Morgan fingerprint density at radius 2 is 2.10 bits per heavy atom. The summed E-state index contributed by atoms with van der Waals surface area (Å²) in [5.41, 5.74) is 1.29. The van der Waals surface area contributed by atoms with Gasteiger partial charge in [0, 0.05) is 6.04 Å². The van der Waals surface area contributed by atoms with Crippen molar-refractivity contribution in [3.8, 4) is 5.75 Å². The van der Waals surface area contributed by atoms with Crippen LogP contribution in [0.3, 0.4) is 0 Å². The monoisotopic (exact) mass is 309 g/mol. The standard InChI is InChI=1S/C18H28ClNO/c1-3-12-20-17(11-8-14-6-4-5-7-14)15-9-10-16(19)18(13-15)21-2/h9-10,13-14,17,20H,3-8,11-12H2,1-2H3. The van der Waals surface area contributed by atoms with Crippen LogP contribution in [-0.4, -0.2) is 13.7 Å². The first-order valence-electron chi connectivity index (χ1n) is 8.31. The molecule has 0 radical (unpaired) electrons. The van der Waals surface area contributed by atoms with Crippen molar-refractivity contribution in [2.24, 2.45) is 5.92 Å². The second-order valence-electron chi connectivity index (χ2n) is 6.13. The summed E-state index contributed by atoms with van der Waals surface area (Å²) in [6, 6.07) is 6.58. The molecule has 1 unspecified atom stereocenters. The average Bonchev–Trinajstić information content (AvgIpc) is 3.01. The quantitative estimate of drug-likeness (QED) is 0.698. The lowest BCUT2D eigenvalue weighted by Gasteiger charge is -2.21. The van der Waals surface area contributed by atoms with Crippen LogP contribution < -0.4 is 10.1 Å². The van der Waals surface area contributed by atoms with Crippen LogP contribution in [0, 0.1) is 5.92 Å². The molecule has 1 saturated carbocycles. The smallest absolute Gasteiger partial charge is 0.137 e. The lowest BCUT2D eigenvalue weighted by atomic mass is 9.94. The Morgan fingerprint density at radius 1 is 1.33 bits per heavy atom. The van der Waals surface area contributed by atoms with Gasteiger partial charge in [0.2, 0.25) is 0 Å². The normalized spacial score (nSPS) is 17.1. The third-order valence-electron chi connectivity index (χ3n) is 4.56. The summed E-state index contributed by atoms with van der Waals surface area (Å²) in [4.78, 5) is 0. The van der Waals surface area contributed by atoms with E-state index < -0.39 is 0 Å². The highest BCUT2D eigenvalue weighted by Gasteiger charge is 2.19. The molecule has 1 aromatic carbocycles. The van der Waals surface area contributed by atoms with Gasteiger partial charge in [-0.15, -0.1) is 0 Å². The van der Waals surface area contributed by atoms with Crippen LogP contribution in [-0.2, 0) is 0 Å². The van der Waals surface area contributed by atoms with Gasteiger partial charge in [-0.2, -0.15) is 0 Å². The molecule has 0 spiro atoms. The predicted octanol–water partition coefficient (Wildman–Crippen LogP) is 5.36. The maximum absolute atomic E-state index is 6.14. The van der Waals surface area contributed by atoms with E-state index >= 15 is 0 Å². The van der Waals surface area contributed by atoms with Gasteiger partial charge >= 0.3 is 0 Å². The van der Waals surface area contributed by atoms with Crippen LogP contribution in [0.25, 0.3) is 0 Å². The SMILES string of the molecule is CCCNC(CCC1CCCC1)c1ccc(Cl)c(OC)c1. The van der Waals surface area contributed by atoms with Gasteiger partial charge in [0.25, 0.3) is 0 Å². The van der Waals surface area contributed by atoms with E-state index in [9.17, 15) is 0 Å². The Bertz CT molecular complexity index is 429. The molecule has 2 nitrogen and oxygen atoms in total. The zero-order chi connectivity index (χ0) is 15.1. The summed E-state index contributed by atoms with van der Waals surface area (Å²) < 4.78 is 5.36. The Labute approximate surface area is 134 Å². The molecular formula is C18H28ClNO. The second-order valence-corrected chi connectivity index (χ2v) is 6.54. The number of rotatable bonds is 8. The van der Waals surface area contributed by atoms with Gasteiger partial charge in [-0.25, -0.2) is 0 Å². The van der Waals surface area contributed by atoms with Crippen LogP contribution in [0.5, 0.6) is 5.75 Å². The number of ether oxygens (including phenoxy) is 1. The van der Waals surface area contributed by atoms with Crippen molar-refractivity contribution in [3.05, 3.63) is 28.8 Å². The summed E-state index contributed by atoms with van der Waals surface area (Å²) in [5, 5.41) is 4.37. The third-order valence-corrected chi connectivity index (χ3v) is 4.87. The first-order valence-corrected chi connectivity index (χ1v) is 8.69. The Kier molecular flexibility index (Phi) is 6.85. The van der Waals surface area contributed by atoms with Crippen LogP contribution in [0.1, 0.15) is 63.5 Å². The highest BCUT2D eigenvalue weighted by atomic mass is 35.5. The third kappa shape index (κ3) is 4.89. The molecule has 0 saturated heterocycles. The fraction of sp³-hybridized carbons (Fsp3) is 0.667. The summed E-state index contributed by atoms with van der Waals surface area (Å²) in [6.45, 7) is 3.27. The molecule has 1 aliphatic carbocycles. The minimum absolute atomic E-state index is 0.414. The molecule has 0 bridgehead atoms. The summed E-state index contributed by atoms with van der Waals surface area (Å²) in [5.74, 6) is 1.71. The largest absolute Gasteiger partial charge is 0.495 e. The molecule has 1 atom stereocenters. The molecule has 0 heterocycles. The Morgan fingerprint density at radius 3 is 2.76 bits per heavy atom. The van der Waals surface area contributed by atoms with Gasteiger partial charge in [-0.3, -0.25) is 0 Å². The molecular weight excluding hydrogens is 282 g/mol. The minimum Gasteiger partial charge on any atom is -0.495 e. The van der Waals surface area contributed by atoms with E-state index in [1.165, 1.54) is 44.1 Å². The average molecular weight is 310 g/mol. The van der Waals surface area contributed by atoms with E-state index in [0.29, 0.717) is 11.1 Å². The number of methoxy groups -OCH3 is 1. The fourth-order valence-electron chi connectivity index (χ4n) is 3.30. The Balaban J connectivity index is 2.02. The summed E-state index contributed by atoms with van der Waals surface area (Å²) in [6.07, 6.45) is 9.38. The summed E-state index contributed by atoms with van der Waals surface area (Å²) in [7, 11) is 1.68. The number of hydrogen-bond donors (Lipinski definition) is 1. The molecule has 118 valence electrons. The zero-order valence-electron chi connectivity index (χ0n) is 13.3. The topological polar surface area (TPSA) is 21.3 Å². The molecule has 1 aliphatic rings. The van der Waals surface area contributed by atoms with Crippen molar-refractivity contribution >= 4 is 11.6 Å². The van der Waals surface area contributed by atoms with E-state index in [-0.39, 0.29) is 0 Å². The maximum atomic E-state index is 6.14. The first kappa shape index (κ1) is 16.6. The molecule has 1 fully saturated rings. The van der Waals surface area contributed by atoms with Crippen molar-refractivity contribution in [1.29, 1.82) is 0 Å². The van der Waals surface area contributed by atoms with Crippen LogP contribution >= 0.6 is 11.6 Å². The molecule has 2 rings (SSSR count). The van der Waals surface area contributed by atoms with Gasteiger partial charge in [0.1, 0.15) is 5.75 Å². The lowest BCUT2D eigenvalue weighted by Crippen LogP contribution is -2.22. The van der Waals surface area contributed by atoms with Gasteiger partial charge < -0.3 is 10.1 Å². The van der Waals surface area contributed by atoms with E-state index in [1.54, 1.807) is 7.11 Å². The lowest BCUT2D eigenvalue weighted by molar-refractivity contribution is 0.402. The molecule has 0 aliphatic heterocycles. The van der Waals surface area contributed by atoms with Crippen molar-refractivity contribution in [3.63, 3.8) is 0 Å². The van der Waals surface area contributed by atoms with Crippen molar-refractivity contribution in [2.45, 2.75) is 57.9 Å². The summed E-state index contributed by atoms with van der Waals surface area (Å²) >= 11 is 6.14. The Hall–Kier alpha value is -0.730. The molecule has 0 aromatic heterocycles. The van der Waals surface area contributed by atoms with E-state index in [4.69, 9.17) is 16.3 Å². The molecule has 3 heteroatoms. The van der Waals surface area contributed by atoms with Gasteiger partial charge in [-0.05, 0) is 49.4 Å². The minimum atomic E-state index is 0.414. The van der Waals surface area contributed by atoms with Crippen molar-refractivity contribution in [1.82, 2.24) is 5.32 Å². The number of nitrogens with one attached hydrogen (secondary N) is 1. The molecule has 1 N–H and O–H groups in total. The van der Waals surface area contributed by atoms with Gasteiger partial charge in [0.15, 0.2) is 0 Å². The molecule has 0 amide bonds. The maximum Gasteiger partial charge on any atom is 0.137 e. The first-order chi connectivity index (χ1) is 10.2. The van der Waals surface area contributed by atoms with Crippen LogP contribution in [0.15, 0.2) is 18.2 Å². The van der Waals surface area contributed by atoms with E-state index in [0.717, 1.165) is 24.6 Å². The predicted molar refractivity (Wildman–Crippen MR) is 90.2 cm³/mol. The number of halogens is 1. The van der Waals surface area contributed by atoms with Gasteiger partial charge in [0.05, 0.1) is 12.1 Å². The zero-order valence-corrected chi connectivity index (χ0v) is 14.1. The van der Waals surface area contributed by atoms with Gasteiger partial charge in [-0.1, -0.05) is 50.3 Å². The molecule has 21 heavy (non-hydrogen) atoms. The van der Waals surface area contributed by atoms with E-state index in [2.05, 4.69) is 24.4 Å². The fourth-order valence-corrected chi connectivity index (χ4v) is 3.49. The highest BCUT2D eigenvalue weighted by molar-refractivity contribution is 6.32. The van der Waals surface area contributed by atoms with E-state index in [1.807, 2.05) is 6.07 Å². The van der Waals surface area contributed by atoms with Crippen LogP contribution in [0.4, 0.5) is 0 Å².